The lowest BCUT2D eigenvalue weighted by atomic mass is 9.80. The molecule has 1 aliphatic rings. The fourth-order valence-corrected chi connectivity index (χ4v) is 3.71. The summed E-state index contributed by atoms with van der Waals surface area (Å²) in [6.45, 7) is 9.54. The number of carbonyl (C=O) groups excluding carboxylic acids is 2. The third-order valence-corrected chi connectivity index (χ3v) is 5.16. The summed E-state index contributed by atoms with van der Waals surface area (Å²) in [6, 6.07) is 0. The maximum atomic E-state index is 12.5. The van der Waals surface area contributed by atoms with Crippen molar-refractivity contribution in [3.63, 3.8) is 0 Å². The van der Waals surface area contributed by atoms with E-state index in [1.807, 2.05) is 31.1 Å². The Labute approximate surface area is 142 Å². The molecule has 2 rings (SSSR count). The molecule has 5 nitrogen and oxygen atoms in total. The Morgan fingerprint density at radius 3 is 2.70 bits per heavy atom. The van der Waals surface area contributed by atoms with E-state index in [2.05, 4.69) is 17.2 Å². The molecule has 0 aromatic carbocycles. The minimum atomic E-state index is -0.340. The second kappa shape index (κ2) is 7.43. The van der Waals surface area contributed by atoms with Crippen molar-refractivity contribution in [2.75, 3.05) is 18.4 Å². The van der Waals surface area contributed by atoms with Gasteiger partial charge in [0.15, 0.2) is 5.13 Å². The van der Waals surface area contributed by atoms with Gasteiger partial charge in [-0.25, -0.2) is 4.98 Å². The van der Waals surface area contributed by atoms with Gasteiger partial charge in [0.05, 0.1) is 0 Å². The Kier molecular flexibility index (Phi) is 5.79. The quantitative estimate of drug-likeness (QED) is 0.916. The predicted octanol–water partition coefficient (Wildman–Crippen LogP) is 3.39. The molecular formula is C17H27N3O2S. The van der Waals surface area contributed by atoms with Crippen molar-refractivity contribution in [3.8, 4) is 0 Å². The number of hydrogen-bond acceptors (Lipinski definition) is 4. The van der Waals surface area contributed by atoms with Crippen LogP contribution in [0.5, 0.6) is 0 Å². The average Bonchev–Trinajstić information content (AvgIpc) is 2.98. The van der Waals surface area contributed by atoms with Crippen molar-refractivity contribution in [1.82, 2.24) is 9.88 Å². The van der Waals surface area contributed by atoms with Gasteiger partial charge in [0.1, 0.15) is 0 Å². The van der Waals surface area contributed by atoms with Gasteiger partial charge in [-0.15, -0.1) is 11.3 Å². The minimum absolute atomic E-state index is 0.0268. The number of rotatable bonds is 4. The van der Waals surface area contributed by atoms with Crippen LogP contribution < -0.4 is 5.32 Å². The topological polar surface area (TPSA) is 62.3 Å². The van der Waals surface area contributed by atoms with E-state index < -0.39 is 0 Å². The van der Waals surface area contributed by atoms with Crippen LogP contribution in [0.3, 0.4) is 0 Å². The second-order valence-corrected chi connectivity index (χ2v) is 8.20. The molecule has 1 aliphatic heterocycles. The first-order chi connectivity index (χ1) is 10.8. The maximum Gasteiger partial charge on any atom is 0.227 e. The monoisotopic (exact) mass is 337 g/mol. The highest BCUT2D eigenvalue weighted by molar-refractivity contribution is 7.13. The molecule has 2 unspecified atom stereocenters. The lowest BCUT2D eigenvalue weighted by Crippen LogP contribution is -2.48. The van der Waals surface area contributed by atoms with E-state index in [1.165, 1.54) is 11.3 Å². The zero-order chi connectivity index (χ0) is 17.0. The summed E-state index contributed by atoms with van der Waals surface area (Å²) >= 11 is 1.43. The summed E-state index contributed by atoms with van der Waals surface area (Å²) in [5.41, 5.74) is -0.340. The number of nitrogens with zero attached hydrogens (tertiary/aromatic N) is 2. The molecule has 1 saturated heterocycles. The zero-order valence-electron chi connectivity index (χ0n) is 14.5. The van der Waals surface area contributed by atoms with Crippen LogP contribution in [-0.2, 0) is 9.59 Å². The Morgan fingerprint density at radius 1 is 1.39 bits per heavy atom. The number of amides is 2. The van der Waals surface area contributed by atoms with Crippen molar-refractivity contribution in [1.29, 1.82) is 0 Å². The summed E-state index contributed by atoms with van der Waals surface area (Å²) < 4.78 is 0. The SMILES string of the molecule is CCC1CN(C(=O)C(C)(C)C)CCC1CC(=O)Nc1nccs1. The molecule has 128 valence electrons. The van der Waals surface area contributed by atoms with E-state index in [-0.39, 0.29) is 17.2 Å². The molecule has 1 aromatic heterocycles. The van der Waals surface area contributed by atoms with Gasteiger partial charge in [-0.1, -0.05) is 34.1 Å². The van der Waals surface area contributed by atoms with Gasteiger partial charge in [0.2, 0.25) is 11.8 Å². The third kappa shape index (κ3) is 4.77. The number of carbonyl (C=O) groups is 2. The number of thiazole rings is 1. The molecule has 1 aromatic rings. The van der Waals surface area contributed by atoms with Crippen LogP contribution in [0.25, 0.3) is 0 Å². The minimum Gasteiger partial charge on any atom is -0.342 e. The number of anilines is 1. The van der Waals surface area contributed by atoms with E-state index in [1.54, 1.807) is 6.20 Å². The highest BCUT2D eigenvalue weighted by atomic mass is 32.1. The van der Waals surface area contributed by atoms with Crippen LogP contribution >= 0.6 is 11.3 Å². The van der Waals surface area contributed by atoms with Gasteiger partial charge >= 0.3 is 0 Å². The smallest absolute Gasteiger partial charge is 0.227 e. The zero-order valence-corrected chi connectivity index (χ0v) is 15.3. The first-order valence-electron chi connectivity index (χ1n) is 8.30. The molecule has 6 heteroatoms. The number of piperidine rings is 1. The van der Waals surface area contributed by atoms with Crippen LogP contribution in [0.15, 0.2) is 11.6 Å². The summed E-state index contributed by atoms with van der Waals surface area (Å²) in [7, 11) is 0. The van der Waals surface area contributed by atoms with Crippen LogP contribution in [0.2, 0.25) is 0 Å². The fraction of sp³-hybridized carbons (Fsp3) is 0.706. The standard InChI is InChI=1S/C17H27N3O2S/c1-5-12-11-20(15(22)17(2,3)4)8-6-13(12)10-14(21)19-16-18-7-9-23-16/h7,9,12-13H,5-6,8,10-11H2,1-4H3,(H,18,19,21). The Bertz CT molecular complexity index is 537. The highest BCUT2D eigenvalue weighted by Gasteiger charge is 2.35. The third-order valence-electron chi connectivity index (χ3n) is 4.47. The molecule has 0 radical (unpaired) electrons. The van der Waals surface area contributed by atoms with Crippen LogP contribution in [0, 0.1) is 17.3 Å². The normalized spacial score (nSPS) is 22.0. The van der Waals surface area contributed by atoms with Crippen molar-refractivity contribution < 1.29 is 9.59 Å². The molecule has 2 atom stereocenters. The van der Waals surface area contributed by atoms with Gasteiger partial charge in [0, 0.05) is 36.5 Å². The number of nitrogens with one attached hydrogen (secondary N) is 1. The first-order valence-corrected chi connectivity index (χ1v) is 9.18. The van der Waals surface area contributed by atoms with Gasteiger partial charge in [-0.05, 0) is 18.3 Å². The van der Waals surface area contributed by atoms with E-state index in [9.17, 15) is 9.59 Å². The maximum absolute atomic E-state index is 12.5. The Hall–Kier alpha value is -1.43. The molecule has 0 spiro atoms. The van der Waals surface area contributed by atoms with Crippen molar-refractivity contribution >= 4 is 28.3 Å². The molecule has 1 fully saturated rings. The van der Waals surface area contributed by atoms with Crippen LogP contribution in [0.1, 0.15) is 47.0 Å². The van der Waals surface area contributed by atoms with E-state index in [0.717, 1.165) is 25.9 Å². The van der Waals surface area contributed by atoms with Crippen LogP contribution in [0.4, 0.5) is 5.13 Å². The molecule has 23 heavy (non-hydrogen) atoms. The molecule has 2 heterocycles. The van der Waals surface area contributed by atoms with E-state index >= 15 is 0 Å². The predicted molar refractivity (Wildman–Crippen MR) is 93.3 cm³/mol. The number of aromatic nitrogens is 1. The molecule has 0 bridgehead atoms. The Balaban J connectivity index is 1.92. The molecular weight excluding hydrogens is 310 g/mol. The van der Waals surface area contributed by atoms with E-state index in [0.29, 0.717) is 23.4 Å². The largest absolute Gasteiger partial charge is 0.342 e. The summed E-state index contributed by atoms with van der Waals surface area (Å²) in [4.78, 5) is 30.7. The van der Waals surface area contributed by atoms with Gasteiger partial charge in [-0.3, -0.25) is 9.59 Å². The number of likely N-dealkylation sites (tertiary alicyclic amines) is 1. The Morgan fingerprint density at radius 2 is 2.13 bits per heavy atom. The van der Waals surface area contributed by atoms with Crippen molar-refractivity contribution in [2.24, 2.45) is 17.3 Å². The van der Waals surface area contributed by atoms with Crippen molar-refractivity contribution in [2.45, 2.75) is 47.0 Å². The molecule has 1 N–H and O–H groups in total. The van der Waals surface area contributed by atoms with Crippen LogP contribution in [-0.4, -0.2) is 34.8 Å². The summed E-state index contributed by atoms with van der Waals surface area (Å²) in [5, 5.41) is 5.36. The second-order valence-electron chi connectivity index (χ2n) is 7.31. The van der Waals surface area contributed by atoms with Gasteiger partial charge in [-0.2, -0.15) is 0 Å². The lowest BCUT2D eigenvalue weighted by Gasteiger charge is -2.40. The molecule has 2 amide bonds. The van der Waals surface area contributed by atoms with E-state index in [4.69, 9.17) is 0 Å². The number of hydrogen-bond donors (Lipinski definition) is 1. The molecule has 0 aliphatic carbocycles. The van der Waals surface area contributed by atoms with Crippen molar-refractivity contribution in [3.05, 3.63) is 11.6 Å². The summed E-state index contributed by atoms with van der Waals surface area (Å²) in [5.74, 6) is 0.960. The summed E-state index contributed by atoms with van der Waals surface area (Å²) in [6.07, 6.45) is 4.08. The fourth-order valence-electron chi connectivity index (χ4n) is 3.16. The highest BCUT2D eigenvalue weighted by Crippen LogP contribution is 2.31. The molecule has 0 saturated carbocycles. The average molecular weight is 337 g/mol. The lowest BCUT2D eigenvalue weighted by molar-refractivity contribution is -0.142. The first kappa shape index (κ1) is 17.9. The van der Waals surface area contributed by atoms with Gasteiger partial charge in [0.25, 0.3) is 0 Å². The van der Waals surface area contributed by atoms with Gasteiger partial charge < -0.3 is 10.2 Å².